The van der Waals surface area contributed by atoms with Crippen molar-refractivity contribution in [1.82, 2.24) is 15.5 Å². The van der Waals surface area contributed by atoms with E-state index in [4.69, 9.17) is 14.2 Å². The summed E-state index contributed by atoms with van der Waals surface area (Å²) < 4.78 is 16.9. The zero-order valence-corrected chi connectivity index (χ0v) is 22.5. The number of rotatable bonds is 9. The summed E-state index contributed by atoms with van der Waals surface area (Å²) in [5, 5.41) is 6.90. The second kappa shape index (κ2) is 13.4. The third-order valence-electron chi connectivity index (χ3n) is 5.40. The number of morpholine rings is 1. The first-order valence-corrected chi connectivity index (χ1v) is 10.8. The van der Waals surface area contributed by atoms with E-state index in [9.17, 15) is 0 Å². The van der Waals surface area contributed by atoms with Crippen LogP contribution in [-0.2, 0) is 16.0 Å². The molecule has 1 aliphatic heterocycles. The molecule has 1 aliphatic rings. The molecule has 0 spiro atoms. The predicted octanol–water partition coefficient (Wildman–Crippen LogP) is 3.19. The third-order valence-corrected chi connectivity index (χ3v) is 5.40. The molecule has 8 heteroatoms. The second-order valence-electron chi connectivity index (χ2n) is 8.71. The molecular formula is C23H41IN4O3. The van der Waals surface area contributed by atoms with E-state index in [-0.39, 0.29) is 41.7 Å². The van der Waals surface area contributed by atoms with Crippen LogP contribution in [0, 0.1) is 6.92 Å². The minimum atomic E-state index is -0.0117. The van der Waals surface area contributed by atoms with E-state index in [1.165, 1.54) is 5.56 Å². The van der Waals surface area contributed by atoms with Crippen LogP contribution >= 0.6 is 24.0 Å². The quantitative estimate of drug-likeness (QED) is 0.214. The molecule has 2 unspecified atom stereocenters. The minimum Gasteiger partial charge on any atom is -0.491 e. The maximum atomic E-state index is 5.89. The number of methoxy groups -OCH3 is 1. The molecule has 1 aromatic rings. The van der Waals surface area contributed by atoms with Crippen LogP contribution in [0.5, 0.6) is 5.75 Å². The van der Waals surface area contributed by atoms with Crippen molar-refractivity contribution < 1.29 is 14.2 Å². The molecule has 0 aromatic heterocycles. The normalized spacial score (nSPS) is 20.2. The van der Waals surface area contributed by atoms with Crippen molar-refractivity contribution in [3.05, 3.63) is 29.3 Å². The lowest BCUT2D eigenvalue weighted by molar-refractivity contribution is -0.0946. The monoisotopic (exact) mass is 548 g/mol. The summed E-state index contributed by atoms with van der Waals surface area (Å²) >= 11 is 0. The van der Waals surface area contributed by atoms with Crippen LogP contribution in [0.2, 0.25) is 0 Å². The highest BCUT2D eigenvalue weighted by molar-refractivity contribution is 14.0. The smallest absolute Gasteiger partial charge is 0.191 e. The number of halogens is 1. The number of ether oxygens (including phenoxy) is 3. The molecule has 0 radical (unpaired) electrons. The van der Waals surface area contributed by atoms with Crippen molar-refractivity contribution in [1.29, 1.82) is 0 Å². The first-order valence-electron chi connectivity index (χ1n) is 10.8. The number of hydrogen-bond donors (Lipinski definition) is 2. The highest BCUT2D eigenvalue weighted by Crippen LogP contribution is 2.21. The summed E-state index contributed by atoms with van der Waals surface area (Å²) in [5.74, 6) is 1.66. The molecular weight excluding hydrogens is 507 g/mol. The Morgan fingerprint density at radius 1 is 1.19 bits per heavy atom. The lowest BCUT2D eigenvalue weighted by Crippen LogP contribution is -2.59. The molecule has 2 rings (SSSR count). The van der Waals surface area contributed by atoms with E-state index in [1.807, 2.05) is 0 Å². The van der Waals surface area contributed by atoms with Gasteiger partial charge in [-0.15, -0.1) is 24.0 Å². The average molecular weight is 549 g/mol. The molecule has 0 amide bonds. The van der Waals surface area contributed by atoms with E-state index < -0.39 is 0 Å². The van der Waals surface area contributed by atoms with Gasteiger partial charge in [0.1, 0.15) is 12.4 Å². The van der Waals surface area contributed by atoms with E-state index >= 15 is 0 Å². The molecule has 7 nitrogen and oxygen atoms in total. The molecule has 2 atom stereocenters. The van der Waals surface area contributed by atoms with Crippen molar-refractivity contribution in [3.8, 4) is 5.75 Å². The third kappa shape index (κ3) is 9.11. The molecule has 1 fully saturated rings. The zero-order valence-electron chi connectivity index (χ0n) is 20.2. The number of nitrogens with one attached hydrogen (secondary N) is 2. The lowest BCUT2D eigenvalue weighted by atomic mass is 10.00. The standard InChI is InChI=1S/C23H40N4O3.HI/c1-17-8-9-20(21(12-17)29-11-10-28-7)13-25-22(24-6)26-16-23(4,5)27-14-18(2)30-19(3)15-27;/h8-9,12,18-19H,10-11,13-16H2,1-7H3,(H2,24,25,26);1H. The van der Waals surface area contributed by atoms with E-state index in [2.05, 4.69) is 73.3 Å². The summed E-state index contributed by atoms with van der Waals surface area (Å²) in [5.41, 5.74) is 2.25. The Morgan fingerprint density at radius 3 is 2.48 bits per heavy atom. The molecule has 31 heavy (non-hydrogen) atoms. The van der Waals surface area contributed by atoms with Crippen molar-refractivity contribution in [3.63, 3.8) is 0 Å². The first kappa shape index (κ1) is 27.9. The Morgan fingerprint density at radius 2 is 1.87 bits per heavy atom. The highest BCUT2D eigenvalue weighted by Gasteiger charge is 2.33. The van der Waals surface area contributed by atoms with Gasteiger partial charge < -0.3 is 24.8 Å². The maximum absolute atomic E-state index is 5.89. The molecule has 0 aliphatic carbocycles. The van der Waals surface area contributed by atoms with Crippen LogP contribution in [0.1, 0.15) is 38.8 Å². The summed E-state index contributed by atoms with van der Waals surface area (Å²) in [4.78, 5) is 6.89. The van der Waals surface area contributed by atoms with Crippen LogP contribution in [0.3, 0.4) is 0 Å². The van der Waals surface area contributed by atoms with Crippen LogP contribution in [-0.4, -0.2) is 75.6 Å². The van der Waals surface area contributed by atoms with Gasteiger partial charge in [-0.05, 0) is 46.2 Å². The molecule has 1 heterocycles. The van der Waals surface area contributed by atoms with Gasteiger partial charge in [-0.25, -0.2) is 0 Å². The highest BCUT2D eigenvalue weighted by atomic mass is 127. The van der Waals surface area contributed by atoms with Gasteiger partial charge in [0.05, 0.1) is 18.8 Å². The van der Waals surface area contributed by atoms with Gasteiger partial charge in [0.25, 0.3) is 0 Å². The van der Waals surface area contributed by atoms with Crippen LogP contribution in [0.4, 0.5) is 0 Å². The van der Waals surface area contributed by atoms with Gasteiger partial charge in [0.15, 0.2) is 5.96 Å². The number of guanidine groups is 1. The Balaban J connectivity index is 0.00000480. The molecule has 178 valence electrons. The van der Waals surface area contributed by atoms with Crippen molar-refractivity contribution in [2.24, 2.45) is 4.99 Å². The van der Waals surface area contributed by atoms with E-state index in [0.717, 1.165) is 36.9 Å². The molecule has 0 saturated carbocycles. The van der Waals surface area contributed by atoms with Crippen LogP contribution < -0.4 is 15.4 Å². The van der Waals surface area contributed by atoms with Gasteiger partial charge >= 0.3 is 0 Å². The maximum Gasteiger partial charge on any atom is 0.191 e. The SMILES string of the molecule is CN=C(NCc1ccc(C)cc1OCCOC)NCC(C)(C)N1CC(C)OC(C)C1.I. The summed E-state index contributed by atoms with van der Waals surface area (Å²) in [6.07, 6.45) is 0.507. The second-order valence-corrected chi connectivity index (χ2v) is 8.71. The number of aryl methyl sites for hydroxylation is 1. The molecule has 2 N–H and O–H groups in total. The summed E-state index contributed by atoms with van der Waals surface area (Å²) in [6, 6.07) is 6.26. The number of nitrogens with zero attached hydrogens (tertiary/aromatic N) is 2. The van der Waals surface area contributed by atoms with Gasteiger partial charge in [-0.2, -0.15) is 0 Å². The predicted molar refractivity (Wildman–Crippen MR) is 138 cm³/mol. The van der Waals surface area contributed by atoms with Crippen LogP contribution in [0.15, 0.2) is 23.2 Å². The Hall–Kier alpha value is -1.10. The first-order chi connectivity index (χ1) is 14.2. The average Bonchev–Trinajstić information content (AvgIpc) is 2.69. The molecule has 0 bridgehead atoms. The Kier molecular flexibility index (Phi) is 12.1. The minimum absolute atomic E-state index is 0. The van der Waals surface area contributed by atoms with Crippen molar-refractivity contribution in [2.45, 2.75) is 58.9 Å². The van der Waals surface area contributed by atoms with E-state index in [1.54, 1.807) is 14.2 Å². The number of hydrogen-bond acceptors (Lipinski definition) is 5. The van der Waals surface area contributed by atoms with Gasteiger partial charge in [-0.1, -0.05) is 12.1 Å². The zero-order chi connectivity index (χ0) is 22.1. The largest absolute Gasteiger partial charge is 0.491 e. The van der Waals surface area contributed by atoms with Crippen molar-refractivity contribution in [2.75, 3.05) is 47.0 Å². The summed E-state index contributed by atoms with van der Waals surface area (Å²) in [7, 11) is 3.48. The fourth-order valence-corrected chi connectivity index (χ4v) is 3.66. The van der Waals surface area contributed by atoms with Crippen molar-refractivity contribution >= 4 is 29.9 Å². The summed E-state index contributed by atoms with van der Waals surface area (Å²) in [6.45, 7) is 15.3. The Labute approximate surface area is 205 Å². The number of aliphatic imine (C=N–C) groups is 1. The van der Waals surface area contributed by atoms with Gasteiger partial charge in [0, 0.05) is 51.4 Å². The fraction of sp³-hybridized carbons (Fsp3) is 0.696. The van der Waals surface area contributed by atoms with E-state index in [0.29, 0.717) is 19.8 Å². The number of benzene rings is 1. The fourth-order valence-electron chi connectivity index (χ4n) is 3.66. The molecule has 1 aromatic carbocycles. The van der Waals surface area contributed by atoms with Crippen LogP contribution in [0.25, 0.3) is 0 Å². The Bertz CT molecular complexity index is 689. The van der Waals surface area contributed by atoms with Gasteiger partial charge in [0.2, 0.25) is 0 Å². The lowest BCUT2D eigenvalue weighted by Gasteiger charge is -2.45. The topological polar surface area (TPSA) is 67.4 Å². The molecule has 1 saturated heterocycles. The van der Waals surface area contributed by atoms with Gasteiger partial charge in [-0.3, -0.25) is 9.89 Å².